The average molecular weight is 246 g/mol. The second-order valence-corrected chi connectivity index (χ2v) is 4.91. The van der Waals surface area contributed by atoms with Crippen LogP contribution in [0.15, 0.2) is 41.8 Å². The number of aryl methyl sites for hydroxylation is 1. The van der Waals surface area contributed by atoms with Crippen LogP contribution in [0.1, 0.15) is 17.7 Å². The summed E-state index contributed by atoms with van der Waals surface area (Å²) in [5.74, 6) is -0.718. The highest BCUT2D eigenvalue weighted by atomic mass is 32.1. The fourth-order valence-corrected chi connectivity index (χ4v) is 2.65. The van der Waals surface area contributed by atoms with Gasteiger partial charge in [0.1, 0.15) is 0 Å². The Balaban J connectivity index is 1.99. The molecular weight excluding hydrogens is 232 g/mol. The van der Waals surface area contributed by atoms with E-state index >= 15 is 0 Å². The molecule has 17 heavy (non-hydrogen) atoms. The maximum absolute atomic E-state index is 10.4. The first-order valence-electron chi connectivity index (χ1n) is 5.60. The van der Waals surface area contributed by atoms with E-state index in [9.17, 15) is 4.79 Å². The van der Waals surface area contributed by atoms with Crippen molar-refractivity contribution < 1.29 is 9.90 Å². The number of rotatable bonds is 5. The molecule has 88 valence electrons. The molecule has 1 N–H and O–H groups in total. The molecule has 0 bridgehead atoms. The van der Waals surface area contributed by atoms with E-state index in [1.165, 1.54) is 16.0 Å². The smallest absolute Gasteiger partial charge is 0.303 e. The number of hydrogen-bond donors (Lipinski definition) is 1. The maximum atomic E-state index is 10.4. The van der Waals surface area contributed by atoms with E-state index in [-0.39, 0.29) is 6.42 Å². The first-order chi connectivity index (χ1) is 8.25. The number of benzene rings is 1. The first-order valence-corrected chi connectivity index (χ1v) is 6.48. The predicted octanol–water partition coefficient (Wildman–Crippen LogP) is 3.82. The van der Waals surface area contributed by atoms with Crippen LogP contribution in [0.5, 0.6) is 0 Å². The lowest BCUT2D eigenvalue weighted by atomic mass is 10.1. The second kappa shape index (κ2) is 5.64. The number of thiophene rings is 1. The van der Waals surface area contributed by atoms with Gasteiger partial charge in [0.25, 0.3) is 0 Å². The molecule has 3 heteroatoms. The summed E-state index contributed by atoms with van der Waals surface area (Å²) in [5, 5.41) is 10.7. The van der Waals surface area contributed by atoms with Gasteiger partial charge in [0.2, 0.25) is 0 Å². The molecule has 2 rings (SSSR count). The summed E-state index contributed by atoms with van der Waals surface area (Å²) in [6, 6.07) is 12.4. The largest absolute Gasteiger partial charge is 0.481 e. The molecule has 2 nitrogen and oxygen atoms in total. The van der Waals surface area contributed by atoms with Gasteiger partial charge in [-0.1, -0.05) is 30.3 Å². The van der Waals surface area contributed by atoms with Crippen molar-refractivity contribution in [1.29, 1.82) is 0 Å². The van der Waals surface area contributed by atoms with Crippen LogP contribution in [0.4, 0.5) is 0 Å². The number of carboxylic acids is 1. The van der Waals surface area contributed by atoms with Crippen LogP contribution in [0, 0.1) is 0 Å². The van der Waals surface area contributed by atoms with Gasteiger partial charge >= 0.3 is 5.97 Å². The van der Waals surface area contributed by atoms with E-state index in [1.54, 1.807) is 11.3 Å². The lowest BCUT2D eigenvalue weighted by Gasteiger charge is -1.96. The number of aliphatic carboxylic acids is 1. The summed E-state index contributed by atoms with van der Waals surface area (Å²) >= 11 is 1.70. The lowest BCUT2D eigenvalue weighted by Crippen LogP contribution is -1.94. The zero-order valence-corrected chi connectivity index (χ0v) is 10.2. The Morgan fingerprint density at radius 2 is 1.94 bits per heavy atom. The number of hydrogen-bond acceptors (Lipinski definition) is 2. The van der Waals surface area contributed by atoms with E-state index in [0.717, 1.165) is 6.42 Å². The summed E-state index contributed by atoms with van der Waals surface area (Å²) < 4.78 is 0. The summed E-state index contributed by atoms with van der Waals surface area (Å²) in [5.41, 5.74) is 2.44. The lowest BCUT2D eigenvalue weighted by molar-refractivity contribution is -0.137. The van der Waals surface area contributed by atoms with Crippen molar-refractivity contribution in [3.05, 3.63) is 46.7 Å². The van der Waals surface area contributed by atoms with E-state index in [2.05, 4.69) is 23.6 Å². The Kier molecular flexibility index (Phi) is 3.94. The van der Waals surface area contributed by atoms with Gasteiger partial charge in [0, 0.05) is 11.3 Å². The van der Waals surface area contributed by atoms with Crippen molar-refractivity contribution in [3.63, 3.8) is 0 Å². The van der Waals surface area contributed by atoms with Gasteiger partial charge in [-0.3, -0.25) is 4.79 Å². The topological polar surface area (TPSA) is 37.3 Å². The third-order valence-electron chi connectivity index (χ3n) is 2.57. The van der Waals surface area contributed by atoms with E-state index in [1.807, 2.05) is 18.2 Å². The van der Waals surface area contributed by atoms with Gasteiger partial charge in [-0.15, -0.1) is 11.3 Å². The molecule has 0 atom stereocenters. The summed E-state index contributed by atoms with van der Waals surface area (Å²) in [6.07, 6.45) is 1.81. The van der Waals surface area contributed by atoms with Crippen LogP contribution >= 0.6 is 11.3 Å². The molecule has 0 amide bonds. The average Bonchev–Trinajstić information content (AvgIpc) is 2.78. The second-order valence-electron chi connectivity index (χ2n) is 3.92. The Labute approximate surface area is 105 Å². The van der Waals surface area contributed by atoms with E-state index in [4.69, 9.17) is 5.11 Å². The van der Waals surface area contributed by atoms with Crippen LogP contribution in [0.3, 0.4) is 0 Å². The summed E-state index contributed by atoms with van der Waals surface area (Å²) in [4.78, 5) is 11.7. The number of carboxylic acid groups (broad SMARTS) is 1. The zero-order chi connectivity index (χ0) is 12.1. The van der Waals surface area contributed by atoms with Crippen LogP contribution in [0.25, 0.3) is 11.1 Å². The fourth-order valence-electron chi connectivity index (χ4n) is 1.71. The molecule has 0 aliphatic heterocycles. The third-order valence-corrected chi connectivity index (χ3v) is 3.57. The SMILES string of the molecule is O=C(O)CCCc1cc(-c2ccccc2)cs1. The summed E-state index contributed by atoms with van der Waals surface area (Å²) in [6.45, 7) is 0. The van der Waals surface area contributed by atoms with Crippen molar-refractivity contribution in [2.45, 2.75) is 19.3 Å². The Morgan fingerprint density at radius 3 is 2.65 bits per heavy atom. The van der Waals surface area contributed by atoms with Crippen molar-refractivity contribution in [3.8, 4) is 11.1 Å². The molecule has 2 aromatic rings. The monoisotopic (exact) mass is 246 g/mol. The molecule has 1 heterocycles. The van der Waals surface area contributed by atoms with Crippen molar-refractivity contribution in [2.24, 2.45) is 0 Å². The highest BCUT2D eigenvalue weighted by Crippen LogP contribution is 2.26. The molecule has 0 radical (unpaired) electrons. The number of carbonyl (C=O) groups is 1. The maximum Gasteiger partial charge on any atom is 0.303 e. The van der Waals surface area contributed by atoms with Gasteiger partial charge in [0.05, 0.1) is 0 Å². The van der Waals surface area contributed by atoms with Crippen molar-refractivity contribution in [1.82, 2.24) is 0 Å². The third kappa shape index (κ3) is 3.43. The molecule has 0 spiro atoms. The quantitative estimate of drug-likeness (QED) is 0.870. The van der Waals surface area contributed by atoms with Crippen LogP contribution in [0.2, 0.25) is 0 Å². The van der Waals surface area contributed by atoms with Gasteiger partial charge in [-0.25, -0.2) is 0 Å². The predicted molar refractivity (Wildman–Crippen MR) is 70.3 cm³/mol. The molecule has 0 aliphatic rings. The molecule has 1 aromatic carbocycles. The molecule has 1 aromatic heterocycles. The van der Waals surface area contributed by atoms with Crippen LogP contribution < -0.4 is 0 Å². The minimum absolute atomic E-state index is 0.249. The Bertz CT molecular complexity index is 488. The fraction of sp³-hybridized carbons (Fsp3) is 0.214. The van der Waals surface area contributed by atoms with Crippen LogP contribution in [-0.4, -0.2) is 11.1 Å². The van der Waals surface area contributed by atoms with Crippen molar-refractivity contribution in [2.75, 3.05) is 0 Å². The molecule has 0 saturated carbocycles. The minimum Gasteiger partial charge on any atom is -0.481 e. The molecule has 0 aliphatic carbocycles. The Hall–Kier alpha value is -1.61. The highest BCUT2D eigenvalue weighted by molar-refractivity contribution is 7.10. The van der Waals surface area contributed by atoms with E-state index < -0.39 is 5.97 Å². The van der Waals surface area contributed by atoms with Gasteiger partial charge in [-0.05, 0) is 35.4 Å². The molecule has 0 fully saturated rings. The Morgan fingerprint density at radius 1 is 1.18 bits per heavy atom. The molecular formula is C14H14O2S. The first kappa shape index (κ1) is 11.9. The highest BCUT2D eigenvalue weighted by Gasteiger charge is 2.03. The standard InChI is InChI=1S/C14H14O2S/c15-14(16)8-4-7-13-9-12(10-17-13)11-5-2-1-3-6-11/h1-3,5-6,9-10H,4,7-8H2,(H,15,16). The normalized spacial score (nSPS) is 10.4. The zero-order valence-electron chi connectivity index (χ0n) is 9.43. The van der Waals surface area contributed by atoms with Gasteiger partial charge < -0.3 is 5.11 Å². The van der Waals surface area contributed by atoms with E-state index in [0.29, 0.717) is 6.42 Å². The van der Waals surface area contributed by atoms with Crippen molar-refractivity contribution >= 4 is 17.3 Å². The molecule has 0 unspecified atom stereocenters. The minimum atomic E-state index is -0.718. The molecule has 0 saturated heterocycles. The summed E-state index contributed by atoms with van der Waals surface area (Å²) in [7, 11) is 0. The van der Waals surface area contributed by atoms with Crippen LogP contribution in [-0.2, 0) is 11.2 Å². The van der Waals surface area contributed by atoms with Gasteiger partial charge in [0.15, 0.2) is 0 Å². The van der Waals surface area contributed by atoms with Gasteiger partial charge in [-0.2, -0.15) is 0 Å².